The number of benzene rings is 2. The van der Waals surface area contributed by atoms with Crippen molar-refractivity contribution in [3.05, 3.63) is 58.1 Å². The first-order valence-corrected chi connectivity index (χ1v) is 6.61. The van der Waals surface area contributed by atoms with Gasteiger partial charge in [0.25, 0.3) is 5.91 Å². The topological polar surface area (TPSA) is 38.3 Å². The minimum Gasteiger partial charge on any atom is -0.495 e. The Morgan fingerprint density at radius 1 is 1.21 bits per heavy atom. The van der Waals surface area contributed by atoms with Gasteiger partial charge in [0, 0.05) is 4.47 Å². The second kappa shape index (κ2) is 5.89. The molecule has 1 amide bonds. The molecule has 98 valence electrons. The number of nitrogens with one attached hydrogen (secondary N) is 1. The summed E-state index contributed by atoms with van der Waals surface area (Å²) >= 11 is 3.37. The Balaban J connectivity index is 2.29. The highest BCUT2D eigenvalue weighted by atomic mass is 79.9. The van der Waals surface area contributed by atoms with E-state index in [9.17, 15) is 4.79 Å². The van der Waals surface area contributed by atoms with Gasteiger partial charge < -0.3 is 10.1 Å². The molecule has 0 saturated heterocycles. The molecule has 0 aliphatic carbocycles. The molecule has 0 unspecified atom stereocenters. The van der Waals surface area contributed by atoms with Crippen molar-refractivity contribution in [2.75, 3.05) is 12.4 Å². The predicted octanol–water partition coefficient (Wildman–Crippen LogP) is 4.02. The molecule has 0 aliphatic rings. The largest absolute Gasteiger partial charge is 0.495 e. The molecule has 3 nitrogen and oxygen atoms in total. The standard InChI is InChI=1S/C15H14BrNO2/c1-10-7-8-14(19-2)13(9-10)17-15(18)11-5-3-4-6-12(11)16/h3-9H,1-2H3,(H,17,18). The lowest BCUT2D eigenvalue weighted by atomic mass is 10.1. The van der Waals surface area contributed by atoms with Crippen LogP contribution in [0.1, 0.15) is 15.9 Å². The number of hydrogen-bond acceptors (Lipinski definition) is 2. The Morgan fingerprint density at radius 2 is 1.95 bits per heavy atom. The maximum Gasteiger partial charge on any atom is 0.256 e. The molecule has 0 aliphatic heterocycles. The first kappa shape index (κ1) is 13.6. The molecule has 2 aromatic rings. The van der Waals surface area contributed by atoms with E-state index in [1.54, 1.807) is 13.2 Å². The SMILES string of the molecule is COc1ccc(C)cc1NC(=O)c1ccccc1Br. The maximum absolute atomic E-state index is 12.2. The zero-order chi connectivity index (χ0) is 13.8. The number of methoxy groups -OCH3 is 1. The molecule has 0 spiro atoms. The van der Waals surface area contributed by atoms with Crippen molar-refractivity contribution in [3.8, 4) is 5.75 Å². The number of rotatable bonds is 3. The molecular formula is C15H14BrNO2. The van der Waals surface area contributed by atoms with E-state index < -0.39 is 0 Å². The lowest BCUT2D eigenvalue weighted by Gasteiger charge is -2.11. The van der Waals surface area contributed by atoms with Crippen LogP contribution in [0, 0.1) is 6.92 Å². The van der Waals surface area contributed by atoms with E-state index in [1.807, 2.05) is 43.3 Å². The smallest absolute Gasteiger partial charge is 0.256 e. The summed E-state index contributed by atoms with van der Waals surface area (Å²) in [6.07, 6.45) is 0. The molecule has 0 fully saturated rings. The fraction of sp³-hybridized carbons (Fsp3) is 0.133. The third-order valence-corrected chi connectivity index (χ3v) is 3.41. The van der Waals surface area contributed by atoms with Gasteiger partial charge in [0.2, 0.25) is 0 Å². The number of amides is 1. The Hall–Kier alpha value is -1.81. The van der Waals surface area contributed by atoms with E-state index in [1.165, 1.54) is 0 Å². The lowest BCUT2D eigenvalue weighted by molar-refractivity contribution is 0.102. The zero-order valence-corrected chi connectivity index (χ0v) is 12.3. The Bertz CT molecular complexity index is 611. The van der Waals surface area contributed by atoms with E-state index >= 15 is 0 Å². The number of carbonyl (C=O) groups is 1. The first-order valence-electron chi connectivity index (χ1n) is 5.82. The van der Waals surface area contributed by atoms with Gasteiger partial charge in [0.15, 0.2) is 0 Å². The second-order valence-electron chi connectivity index (χ2n) is 4.14. The van der Waals surface area contributed by atoms with Gasteiger partial charge in [-0.25, -0.2) is 0 Å². The summed E-state index contributed by atoms with van der Waals surface area (Å²) in [6, 6.07) is 13.0. The summed E-state index contributed by atoms with van der Waals surface area (Å²) in [4.78, 5) is 12.2. The third kappa shape index (κ3) is 3.15. The third-order valence-electron chi connectivity index (χ3n) is 2.72. The van der Waals surface area contributed by atoms with E-state index in [2.05, 4.69) is 21.2 Å². The van der Waals surface area contributed by atoms with Gasteiger partial charge in [-0.15, -0.1) is 0 Å². The monoisotopic (exact) mass is 319 g/mol. The van der Waals surface area contributed by atoms with Gasteiger partial charge in [-0.05, 0) is 52.7 Å². The number of hydrogen-bond donors (Lipinski definition) is 1. The highest BCUT2D eigenvalue weighted by Gasteiger charge is 2.12. The summed E-state index contributed by atoms with van der Waals surface area (Å²) in [6.45, 7) is 1.97. The normalized spacial score (nSPS) is 10.1. The summed E-state index contributed by atoms with van der Waals surface area (Å²) in [5.74, 6) is 0.474. The van der Waals surface area contributed by atoms with Gasteiger partial charge in [-0.1, -0.05) is 18.2 Å². The van der Waals surface area contributed by atoms with Crippen molar-refractivity contribution in [3.63, 3.8) is 0 Å². The summed E-state index contributed by atoms with van der Waals surface area (Å²) in [5.41, 5.74) is 2.32. The maximum atomic E-state index is 12.2. The number of aryl methyl sites for hydroxylation is 1. The summed E-state index contributed by atoms with van der Waals surface area (Å²) in [7, 11) is 1.58. The quantitative estimate of drug-likeness (QED) is 0.928. The number of anilines is 1. The van der Waals surface area contributed by atoms with Crippen molar-refractivity contribution in [1.82, 2.24) is 0 Å². The molecule has 0 aromatic heterocycles. The number of ether oxygens (including phenoxy) is 1. The van der Waals surface area contributed by atoms with Crippen LogP contribution >= 0.6 is 15.9 Å². The van der Waals surface area contributed by atoms with E-state index in [0.717, 1.165) is 10.0 Å². The van der Waals surface area contributed by atoms with Gasteiger partial charge in [0.1, 0.15) is 5.75 Å². The van der Waals surface area contributed by atoms with Crippen LogP contribution in [0.3, 0.4) is 0 Å². The van der Waals surface area contributed by atoms with Crippen LogP contribution in [0.5, 0.6) is 5.75 Å². The highest BCUT2D eigenvalue weighted by Crippen LogP contribution is 2.26. The first-order chi connectivity index (χ1) is 9.11. The Morgan fingerprint density at radius 3 is 2.63 bits per heavy atom. The highest BCUT2D eigenvalue weighted by molar-refractivity contribution is 9.10. The predicted molar refractivity (Wildman–Crippen MR) is 79.8 cm³/mol. The van der Waals surface area contributed by atoms with Crippen molar-refractivity contribution < 1.29 is 9.53 Å². The molecular weight excluding hydrogens is 306 g/mol. The fourth-order valence-electron chi connectivity index (χ4n) is 1.75. The van der Waals surface area contributed by atoms with Gasteiger partial charge >= 0.3 is 0 Å². The Kier molecular flexibility index (Phi) is 4.22. The average molecular weight is 320 g/mol. The van der Waals surface area contributed by atoms with Crippen LogP contribution in [0.25, 0.3) is 0 Å². The molecule has 0 bridgehead atoms. The number of halogens is 1. The van der Waals surface area contributed by atoms with E-state index in [0.29, 0.717) is 17.0 Å². The van der Waals surface area contributed by atoms with Crippen LogP contribution in [0.2, 0.25) is 0 Å². The Labute approximate surface area is 120 Å². The van der Waals surface area contributed by atoms with Crippen molar-refractivity contribution in [2.45, 2.75) is 6.92 Å². The molecule has 0 heterocycles. The minimum atomic E-state index is -0.170. The van der Waals surface area contributed by atoms with E-state index in [4.69, 9.17) is 4.74 Å². The van der Waals surface area contributed by atoms with Crippen molar-refractivity contribution in [2.24, 2.45) is 0 Å². The average Bonchev–Trinajstić information content (AvgIpc) is 2.39. The zero-order valence-electron chi connectivity index (χ0n) is 10.7. The second-order valence-corrected chi connectivity index (χ2v) is 4.99. The van der Waals surface area contributed by atoms with Crippen molar-refractivity contribution >= 4 is 27.5 Å². The molecule has 19 heavy (non-hydrogen) atoms. The van der Waals surface area contributed by atoms with Gasteiger partial charge in [-0.2, -0.15) is 0 Å². The summed E-state index contributed by atoms with van der Waals surface area (Å²) in [5, 5.41) is 2.87. The van der Waals surface area contributed by atoms with Gasteiger partial charge in [0.05, 0.1) is 18.4 Å². The van der Waals surface area contributed by atoms with Crippen LogP contribution in [-0.2, 0) is 0 Å². The lowest BCUT2D eigenvalue weighted by Crippen LogP contribution is -2.13. The van der Waals surface area contributed by atoms with Crippen LogP contribution in [0.4, 0.5) is 5.69 Å². The molecule has 2 aromatic carbocycles. The molecule has 0 radical (unpaired) electrons. The molecule has 2 rings (SSSR count). The van der Waals surface area contributed by atoms with Crippen LogP contribution < -0.4 is 10.1 Å². The molecule has 1 N–H and O–H groups in total. The van der Waals surface area contributed by atoms with Gasteiger partial charge in [-0.3, -0.25) is 4.79 Å². The van der Waals surface area contributed by atoms with Crippen molar-refractivity contribution in [1.29, 1.82) is 0 Å². The fourth-order valence-corrected chi connectivity index (χ4v) is 2.22. The van der Waals surface area contributed by atoms with Crippen LogP contribution in [0.15, 0.2) is 46.9 Å². The molecule has 4 heteroatoms. The molecule has 0 saturated carbocycles. The minimum absolute atomic E-state index is 0.170. The number of carbonyl (C=O) groups excluding carboxylic acids is 1. The van der Waals surface area contributed by atoms with Crippen LogP contribution in [-0.4, -0.2) is 13.0 Å². The summed E-state index contributed by atoms with van der Waals surface area (Å²) < 4.78 is 6.00. The molecule has 0 atom stereocenters. The van der Waals surface area contributed by atoms with E-state index in [-0.39, 0.29) is 5.91 Å².